The molecule has 4 rings (SSSR count). The van der Waals surface area contributed by atoms with Gasteiger partial charge in [-0.05, 0) is 57.6 Å². The predicted molar refractivity (Wildman–Crippen MR) is 97.8 cm³/mol. The van der Waals surface area contributed by atoms with Crippen molar-refractivity contribution < 1.29 is 4.74 Å². The van der Waals surface area contributed by atoms with Crippen LogP contribution in [0.15, 0.2) is 30.6 Å². The first-order valence-electron chi connectivity index (χ1n) is 9.48. The van der Waals surface area contributed by atoms with Crippen LogP contribution in [-0.2, 0) is 0 Å². The number of aryl methyl sites for hydroxylation is 1. The molecule has 0 N–H and O–H groups in total. The van der Waals surface area contributed by atoms with Gasteiger partial charge >= 0.3 is 0 Å². The quantitative estimate of drug-likeness (QED) is 0.835. The molecular formula is C20H26N4O. The third-order valence-corrected chi connectivity index (χ3v) is 5.24. The molecule has 2 aromatic rings. The van der Waals surface area contributed by atoms with Gasteiger partial charge in [-0.25, -0.2) is 0 Å². The van der Waals surface area contributed by atoms with Gasteiger partial charge in [0.1, 0.15) is 6.10 Å². The molecule has 1 saturated carbocycles. The smallest absolute Gasteiger partial charge is 0.234 e. The lowest BCUT2D eigenvalue weighted by atomic mass is 9.98. The van der Waals surface area contributed by atoms with Crippen molar-refractivity contribution in [2.24, 2.45) is 0 Å². The summed E-state index contributed by atoms with van der Waals surface area (Å²) >= 11 is 0. The van der Waals surface area contributed by atoms with Gasteiger partial charge in [0.25, 0.3) is 0 Å². The minimum atomic E-state index is 0.277. The molecule has 0 spiro atoms. The topological polar surface area (TPSA) is 51.1 Å². The second kappa shape index (κ2) is 7.38. The van der Waals surface area contributed by atoms with E-state index in [2.05, 4.69) is 22.0 Å². The van der Waals surface area contributed by atoms with Crippen LogP contribution in [0.3, 0.4) is 0 Å². The summed E-state index contributed by atoms with van der Waals surface area (Å²) in [4.78, 5) is 16.2. The Labute approximate surface area is 149 Å². The maximum absolute atomic E-state index is 6.10. The Kier molecular flexibility index (Phi) is 4.81. The van der Waals surface area contributed by atoms with Crippen molar-refractivity contribution in [1.82, 2.24) is 15.0 Å². The summed E-state index contributed by atoms with van der Waals surface area (Å²) < 4.78 is 6.10. The lowest BCUT2D eigenvalue weighted by Gasteiger charge is -2.26. The molecule has 3 heterocycles. The Balaban J connectivity index is 1.53. The maximum atomic E-state index is 6.10. The van der Waals surface area contributed by atoms with Crippen molar-refractivity contribution in [2.45, 2.75) is 64.0 Å². The fourth-order valence-electron chi connectivity index (χ4n) is 3.99. The fraction of sp³-hybridized carbons (Fsp3) is 0.550. The maximum Gasteiger partial charge on any atom is 0.234 e. The van der Waals surface area contributed by atoms with Gasteiger partial charge in [0.2, 0.25) is 5.88 Å². The zero-order valence-electron chi connectivity index (χ0n) is 14.9. The number of nitrogens with zero attached hydrogens (tertiary/aromatic N) is 4. The Hall–Kier alpha value is -2.17. The number of ether oxygens (including phenoxy) is 1. The van der Waals surface area contributed by atoms with Crippen molar-refractivity contribution in [3.05, 3.63) is 42.0 Å². The van der Waals surface area contributed by atoms with E-state index in [1.807, 2.05) is 19.2 Å². The Morgan fingerprint density at radius 3 is 2.72 bits per heavy atom. The van der Waals surface area contributed by atoms with Crippen LogP contribution in [0.5, 0.6) is 5.88 Å². The van der Waals surface area contributed by atoms with Gasteiger partial charge in [0.05, 0.1) is 24.1 Å². The molecule has 1 aliphatic carbocycles. The molecule has 1 aliphatic heterocycles. The number of hydrogen-bond donors (Lipinski definition) is 0. The first-order chi connectivity index (χ1) is 12.3. The van der Waals surface area contributed by atoms with Crippen LogP contribution < -0.4 is 9.64 Å². The van der Waals surface area contributed by atoms with Crippen LogP contribution >= 0.6 is 0 Å². The monoisotopic (exact) mass is 338 g/mol. The van der Waals surface area contributed by atoms with E-state index in [0.717, 1.165) is 49.4 Å². The molecule has 0 radical (unpaired) electrons. The van der Waals surface area contributed by atoms with Crippen molar-refractivity contribution in [1.29, 1.82) is 0 Å². The molecule has 0 aromatic carbocycles. The Bertz CT molecular complexity index is 714. The summed E-state index contributed by atoms with van der Waals surface area (Å²) in [6, 6.07) is 6.52. The van der Waals surface area contributed by atoms with E-state index >= 15 is 0 Å². The highest BCUT2D eigenvalue weighted by molar-refractivity contribution is 5.42. The van der Waals surface area contributed by atoms with Gasteiger partial charge in [-0.1, -0.05) is 12.5 Å². The lowest BCUT2D eigenvalue weighted by molar-refractivity contribution is 0.148. The zero-order valence-corrected chi connectivity index (χ0v) is 14.9. The van der Waals surface area contributed by atoms with Gasteiger partial charge in [-0.3, -0.25) is 9.97 Å². The summed E-state index contributed by atoms with van der Waals surface area (Å²) in [6.45, 7) is 3.03. The summed E-state index contributed by atoms with van der Waals surface area (Å²) in [6.07, 6.45) is 12.2. The molecule has 2 aliphatic rings. The second-order valence-corrected chi connectivity index (χ2v) is 7.15. The van der Waals surface area contributed by atoms with Crippen LogP contribution in [0.25, 0.3) is 0 Å². The van der Waals surface area contributed by atoms with E-state index in [0.29, 0.717) is 12.0 Å². The molecule has 132 valence electrons. The second-order valence-electron chi connectivity index (χ2n) is 7.15. The summed E-state index contributed by atoms with van der Waals surface area (Å²) in [7, 11) is 0. The van der Waals surface area contributed by atoms with E-state index in [4.69, 9.17) is 14.7 Å². The van der Waals surface area contributed by atoms with Crippen LogP contribution in [0, 0.1) is 6.92 Å². The largest absolute Gasteiger partial charge is 0.473 e. The lowest BCUT2D eigenvalue weighted by Crippen LogP contribution is -2.25. The molecule has 1 atom stereocenters. The van der Waals surface area contributed by atoms with Crippen molar-refractivity contribution >= 4 is 5.82 Å². The normalized spacial score (nSPS) is 21.5. The van der Waals surface area contributed by atoms with E-state index in [9.17, 15) is 0 Å². The molecule has 0 bridgehead atoms. The molecule has 5 heteroatoms. The SMILES string of the molecule is Cc1cccc(C2CCCN2c2cncc(OC3CCCCC3)n2)n1. The average molecular weight is 338 g/mol. The number of anilines is 1. The number of rotatable bonds is 4. The van der Waals surface area contributed by atoms with Crippen LogP contribution in [0.4, 0.5) is 5.82 Å². The summed E-state index contributed by atoms with van der Waals surface area (Å²) in [5.74, 6) is 1.56. The van der Waals surface area contributed by atoms with Gasteiger partial charge in [0, 0.05) is 12.2 Å². The highest BCUT2D eigenvalue weighted by atomic mass is 16.5. The van der Waals surface area contributed by atoms with E-state index in [1.165, 1.54) is 19.3 Å². The highest BCUT2D eigenvalue weighted by Crippen LogP contribution is 2.35. The predicted octanol–water partition coefficient (Wildman–Crippen LogP) is 4.23. The first kappa shape index (κ1) is 16.3. The molecule has 5 nitrogen and oxygen atoms in total. The van der Waals surface area contributed by atoms with E-state index in [1.54, 1.807) is 6.20 Å². The molecule has 2 fully saturated rings. The number of pyridine rings is 1. The van der Waals surface area contributed by atoms with Gasteiger partial charge in [-0.2, -0.15) is 4.98 Å². The Morgan fingerprint density at radius 1 is 1.00 bits per heavy atom. The summed E-state index contributed by atoms with van der Waals surface area (Å²) in [5, 5.41) is 0. The third-order valence-electron chi connectivity index (χ3n) is 5.24. The summed E-state index contributed by atoms with van der Waals surface area (Å²) in [5.41, 5.74) is 2.18. The van der Waals surface area contributed by atoms with Crippen LogP contribution in [-0.4, -0.2) is 27.6 Å². The minimum Gasteiger partial charge on any atom is -0.473 e. The molecule has 2 aromatic heterocycles. The van der Waals surface area contributed by atoms with Crippen LogP contribution in [0.2, 0.25) is 0 Å². The van der Waals surface area contributed by atoms with E-state index in [-0.39, 0.29) is 6.04 Å². The van der Waals surface area contributed by atoms with Crippen LogP contribution in [0.1, 0.15) is 62.4 Å². The zero-order chi connectivity index (χ0) is 17.1. The average Bonchev–Trinajstić information content (AvgIpc) is 3.13. The standard InChI is InChI=1S/C20H26N4O/c1-15-7-5-10-17(22-15)18-11-6-12-24(18)19-13-21-14-20(23-19)25-16-8-3-2-4-9-16/h5,7,10,13-14,16,18H,2-4,6,8-9,11-12H2,1H3. The van der Waals surface area contributed by atoms with Gasteiger partial charge < -0.3 is 9.64 Å². The molecule has 25 heavy (non-hydrogen) atoms. The molecule has 1 unspecified atom stereocenters. The molecular weight excluding hydrogens is 312 g/mol. The van der Waals surface area contributed by atoms with E-state index < -0.39 is 0 Å². The van der Waals surface area contributed by atoms with Crippen molar-refractivity contribution in [3.8, 4) is 5.88 Å². The minimum absolute atomic E-state index is 0.277. The first-order valence-corrected chi connectivity index (χ1v) is 9.48. The van der Waals surface area contributed by atoms with Crippen molar-refractivity contribution in [2.75, 3.05) is 11.4 Å². The van der Waals surface area contributed by atoms with Crippen molar-refractivity contribution in [3.63, 3.8) is 0 Å². The third kappa shape index (κ3) is 3.75. The fourth-order valence-corrected chi connectivity index (χ4v) is 3.99. The number of aromatic nitrogens is 3. The molecule has 0 amide bonds. The van der Waals surface area contributed by atoms with Gasteiger partial charge in [-0.15, -0.1) is 0 Å². The number of hydrogen-bond acceptors (Lipinski definition) is 5. The Morgan fingerprint density at radius 2 is 1.88 bits per heavy atom. The highest BCUT2D eigenvalue weighted by Gasteiger charge is 2.29. The molecule has 1 saturated heterocycles. The van der Waals surface area contributed by atoms with Gasteiger partial charge in [0.15, 0.2) is 5.82 Å².